The molecule has 20 heavy (non-hydrogen) atoms. The van der Waals surface area contributed by atoms with Crippen LogP contribution in [0, 0.1) is 20.8 Å². The smallest absolute Gasteiger partial charge is 0.208 e. The molecule has 3 heterocycles. The quantitative estimate of drug-likeness (QED) is 0.859. The monoisotopic (exact) mass is 274 g/mol. The lowest BCUT2D eigenvalue weighted by Gasteiger charge is -2.22. The molecule has 0 saturated carbocycles. The largest absolute Gasteiger partial charge is 0.444 e. The molecule has 1 aliphatic rings. The second-order valence-electron chi connectivity index (χ2n) is 5.76. The molecule has 1 saturated heterocycles. The zero-order valence-corrected chi connectivity index (χ0v) is 12.5. The fourth-order valence-electron chi connectivity index (χ4n) is 2.87. The summed E-state index contributed by atoms with van der Waals surface area (Å²) in [6, 6.07) is 0.529. The first kappa shape index (κ1) is 13.4. The van der Waals surface area contributed by atoms with Crippen molar-refractivity contribution in [3.05, 3.63) is 35.3 Å². The van der Waals surface area contributed by atoms with Crippen LogP contribution >= 0.6 is 0 Å². The van der Waals surface area contributed by atoms with Crippen molar-refractivity contribution < 1.29 is 4.42 Å². The highest BCUT2D eigenvalue weighted by atomic mass is 16.4. The molecule has 0 amide bonds. The van der Waals surface area contributed by atoms with Crippen LogP contribution in [0.25, 0.3) is 0 Å². The molecular weight excluding hydrogens is 252 g/mol. The number of rotatable bonds is 4. The highest BCUT2D eigenvalue weighted by molar-refractivity contribution is 5.05. The van der Waals surface area contributed by atoms with Gasteiger partial charge in [0.2, 0.25) is 5.89 Å². The summed E-state index contributed by atoms with van der Waals surface area (Å²) in [5.74, 6) is 1.77. The van der Waals surface area contributed by atoms with E-state index in [1.807, 2.05) is 24.7 Å². The van der Waals surface area contributed by atoms with Gasteiger partial charge in [0.15, 0.2) is 0 Å². The molecule has 5 nitrogen and oxygen atoms in total. The van der Waals surface area contributed by atoms with E-state index in [2.05, 4.69) is 28.1 Å². The first-order valence-corrected chi connectivity index (χ1v) is 7.28. The molecule has 1 atom stereocenters. The standard InChI is InChI=1S/C15H22N4O/c1-11-7-16-19(8-11)9-14-5-4-6-18(14)10-15-17-12(2)13(3)20-15/h7-8,14H,4-6,9-10H2,1-3H3. The van der Waals surface area contributed by atoms with Crippen molar-refractivity contribution in [1.82, 2.24) is 19.7 Å². The van der Waals surface area contributed by atoms with Gasteiger partial charge in [-0.15, -0.1) is 0 Å². The predicted octanol–water partition coefficient (Wildman–Crippen LogP) is 2.46. The topological polar surface area (TPSA) is 47.1 Å². The summed E-state index contributed by atoms with van der Waals surface area (Å²) in [6.45, 7) is 8.92. The highest BCUT2D eigenvalue weighted by Gasteiger charge is 2.26. The predicted molar refractivity (Wildman–Crippen MR) is 76.4 cm³/mol. The minimum Gasteiger partial charge on any atom is -0.444 e. The Hall–Kier alpha value is -1.62. The average molecular weight is 274 g/mol. The Morgan fingerprint density at radius 3 is 2.85 bits per heavy atom. The number of hydrogen-bond donors (Lipinski definition) is 0. The van der Waals surface area contributed by atoms with E-state index in [0.29, 0.717) is 6.04 Å². The number of aryl methyl sites for hydroxylation is 3. The Morgan fingerprint density at radius 1 is 1.35 bits per heavy atom. The molecule has 1 aliphatic heterocycles. The van der Waals surface area contributed by atoms with Gasteiger partial charge in [0, 0.05) is 12.2 Å². The summed E-state index contributed by atoms with van der Waals surface area (Å²) in [5, 5.41) is 4.39. The van der Waals surface area contributed by atoms with Crippen LogP contribution < -0.4 is 0 Å². The number of hydrogen-bond acceptors (Lipinski definition) is 4. The van der Waals surface area contributed by atoms with Crippen LogP contribution in [0.2, 0.25) is 0 Å². The molecule has 0 radical (unpaired) electrons. The van der Waals surface area contributed by atoms with E-state index in [1.54, 1.807) is 0 Å². The molecule has 0 N–H and O–H groups in total. The minimum atomic E-state index is 0.529. The summed E-state index contributed by atoms with van der Waals surface area (Å²) in [6.07, 6.45) is 6.48. The SMILES string of the molecule is Cc1cnn(CC2CCCN2Cc2nc(C)c(C)o2)c1. The molecule has 2 aromatic heterocycles. The van der Waals surface area contributed by atoms with Gasteiger partial charge in [0.05, 0.1) is 25.0 Å². The van der Waals surface area contributed by atoms with E-state index in [4.69, 9.17) is 4.42 Å². The van der Waals surface area contributed by atoms with Crippen molar-refractivity contribution in [3.8, 4) is 0 Å². The van der Waals surface area contributed by atoms with Crippen LogP contribution in [0.4, 0.5) is 0 Å². The van der Waals surface area contributed by atoms with E-state index in [-0.39, 0.29) is 0 Å². The zero-order chi connectivity index (χ0) is 14.1. The second-order valence-corrected chi connectivity index (χ2v) is 5.76. The molecule has 1 fully saturated rings. The molecule has 0 aromatic carbocycles. The van der Waals surface area contributed by atoms with Crippen molar-refractivity contribution in [3.63, 3.8) is 0 Å². The number of oxazole rings is 1. The molecule has 0 bridgehead atoms. The molecule has 0 aliphatic carbocycles. The Bertz CT molecular complexity index is 567. The first-order valence-electron chi connectivity index (χ1n) is 7.28. The summed E-state index contributed by atoms with van der Waals surface area (Å²) < 4.78 is 7.75. The Labute approximate surface area is 119 Å². The molecular formula is C15H22N4O. The maximum Gasteiger partial charge on any atom is 0.208 e. The van der Waals surface area contributed by atoms with Gasteiger partial charge in [0.25, 0.3) is 0 Å². The van der Waals surface area contributed by atoms with Gasteiger partial charge in [-0.05, 0) is 45.7 Å². The summed E-state index contributed by atoms with van der Waals surface area (Å²) in [4.78, 5) is 6.95. The lowest BCUT2D eigenvalue weighted by molar-refractivity contribution is 0.199. The van der Waals surface area contributed by atoms with Crippen LogP contribution in [0.5, 0.6) is 0 Å². The summed E-state index contributed by atoms with van der Waals surface area (Å²) in [5.41, 5.74) is 2.21. The molecule has 3 rings (SSSR count). The Morgan fingerprint density at radius 2 is 2.20 bits per heavy atom. The van der Waals surface area contributed by atoms with Crippen LogP contribution in [0.15, 0.2) is 16.8 Å². The number of likely N-dealkylation sites (tertiary alicyclic amines) is 1. The maximum atomic E-state index is 5.70. The van der Waals surface area contributed by atoms with E-state index in [9.17, 15) is 0 Å². The molecule has 1 unspecified atom stereocenters. The van der Waals surface area contributed by atoms with Gasteiger partial charge < -0.3 is 4.42 Å². The third-order valence-corrected chi connectivity index (χ3v) is 4.07. The van der Waals surface area contributed by atoms with Crippen LogP contribution in [-0.2, 0) is 13.1 Å². The Kier molecular flexibility index (Phi) is 3.61. The van der Waals surface area contributed by atoms with Gasteiger partial charge in [-0.2, -0.15) is 5.10 Å². The van der Waals surface area contributed by atoms with Crippen molar-refractivity contribution in [1.29, 1.82) is 0 Å². The van der Waals surface area contributed by atoms with Gasteiger partial charge in [0.1, 0.15) is 5.76 Å². The first-order chi connectivity index (χ1) is 9.61. The van der Waals surface area contributed by atoms with Crippen LogP contribution in [-0.4, -0.2) is 32.3 Å². The molecule has 0 spiro atoms. The highest BCUT2D eigenvalue weighted by Crippen LogP contribution is 2.22. The average Bonchev–Trinajstić information content (AvgIpc) is 3.06. The van der Waals surface area contributed by atoms with Crippen molar-refractivity contribution in [2.45, 2.75) is 52.7 Å². The Balaban J connectivity index is 1.66. The molecule has 5 heteroatoms. The number of nitrogens with zero attached hydrogens (tertiary/aromatic N) is 4. The normalized spacial score (nSPS) is 19.9. The van der Waals surface area contributed by atoms with Gasteiger partial charge in [-0.1, -0.05) is 0 Å². The van der Waals surface area contributed by atoms with E-state index < -0.39 is 0 Å². The molecule has 2 aromatic rings. The lowest BCUT2D eigenvalue weighted by atomic mass is 10.2. The van der Waals surface area contributed by atoms with Gasteiger partial charge in [-0.3, -0.25) is 9.58 Å². The third-order valence-electron chi connectivity index (χ3n) is 4.07. The van der Waals surface area contributed by atoms with Gasteiger partial charge in [-0.25, -0.2) is 4.98 Å². The zero-order valence-electron chi connectivity index (χ0n) is 12.5. The van der Waals surface area contributed by atoms with Crippen molar-refractivity contribution >= 4 is 0 Å². The van der Waals surface area contributed by atoms with E-state index in [0.717, 1.165) is 37.0 Å². The maximum absolute atomic E-state index is 5.70. The van der Waals surface area contributed by atoms with E-state index >= 15 is 0 Å². The summed E-state index contributed by atoms with van der Waals surface area (Å²) in [7, 11) is 0. The van der Waals surface area contributed by atoms with Crippen LogP contribution in [0.3, 0.4) is 0 Å². The second kappa shape index (κ2) is 5.40. The fraction of sp³-hybridized carbons (Fsp3) is 0.600. The van der Waals surface area contributed by atoms with Crippen molar-refractivity contribution in [2.75, 3.05) is 6.54 Å². The van der Waals surface area contributed by atoms with Crippen LogP contribution in [0.1, 0.15) is 35.7 Å². The van der Waals surface area contributed by atoms with E-state index in [1.165, 1.54) is 18.4 Å². The molecule has 108 valence electrons. The fourth-order valence-corrected chi connectivity index (χ4v) is 2.87. The van der Waals surface area contributed by atoms with Crippen molar-refractivity contribution in [2.24, 2.45) is 0 Å². The van der Waals surface area contributed by atoms with Gasteiger partial charge >= 0.3 is 0 Å². The third kappa shape index (κ3) is 2.77. The minimum absolute atomic E-state index is 0.529. The number of aromatic nitrogens is 3. The summed E-state index contributed by atoms with van der Waals surface area (Å²) >= 11 is 0. The lowest BCUT2D eigenvalue weighted by Crippen LogP contribution is -2.32.